The molecule has 4 aromatic rings. The van der Waals surface area contributed by atoms with Crippen LogP contribution in [-0.2, 0) is 20.6 Å². The minimum Gasteiger partial charge on any atom is -0.369 e. The first-order valence-corrected chi connectivity index (χ1v) is 16.8. The van der Waals surface area contributed by atoms with E-state index >= 15 is 0 Å². The number of benzene rings is 2. The summed E-state index contributed by atoms with van der Waals surface area (Å²) in [4.78, 5) is 25.6. The first kappa shape index (κ1) is 31.1. The minimum atomic E-state index is -3.53. The fourth-order valence-electron chi connectivity index (χ4n) is 6.16. The Morgan fingerprint density at radius 2 is 1.82 bits per heavy atom. The van der Waals surface area contributed by atoms with E-state index < -0.39 is 21.7 Å². The van der Waals surface area contributed by atoms with E-state index in [0.29, 0.717) is 55.8 Å². The Morgan fingerprint density at radius 1 is 1.07 bits per heavy atom. The molecule has 2 fully saturated rings. The van der Waals surface area contributed by atoms with Crippen LogP contribution >= 0.6 is 11.6 Å². The third-order valence-electron chi connectivity index (χ3n) is 8.44. The summed E-state index contributed by atoms with van der Waals surface area (Å²) in [6.07, 6.45) is 5.26. The van der Waals surface area contributed by atoms with E-state index in [9.17, 15) is 22.0 Å². The lowest BCUT2D eigenvalue weighted by Crippen LogP contribution is -2.45. The number of imidazole rings is 1. The number of amides is 1. The van der Waals surface area contributed by atoms with Crippen LogP contribution in [0.5, 0.6) is 0 Å². The molecule has 3 heterocycles. The second-order valence-electron chi connectivity index (χ2n) is 11.6. The van der Waals surface area contributed by atoms with E-state index in [2.05, 4.69) is 20.6 Å². The van der Waals surface area contributed by atoms with Gasteiger partial charge >= 0.3 is 0 Å². The molecule has 238 valence electrons. The molecular weight excluding hydrogens is 626 g/mol. The van der Waals surface area contributed by atoms with Crippen molar-refractivity contribution in [3.05, 3.63) is 70.9 Å². The largest absolute Gasteiger partial charge is 0.369 e. The lowest BCUT2D eigenvalue weighted by Gasteiger charge is -2.32. The Hall–Kier alpha value is -3.88. The van der Waals surface area contributed by atoms with Crippen LogP contribution in [0.2, 0.25) is 5.02 Å². The summed E-state index contributed by atoms with van der Waals surface area (Å²) in [6.45, 7) is 0.702. The average molecular weight is 659 g/mol. The third-order valence-corrected chi connectivity index (χ3v) is 10.6. The van der Waals surface area contributed by atoms with Crippen molar-refractivity contribution in [2.24, 2.45) is 11.7 Å². The number of fused-ring (bicyclic) bond motifs is 1. The smallest absolute Gasteiger partial charge is 0.225 e. The number of nitrogens with one attached hydrogen (secondary N) is 2. The maximum absolute atomic E-state index is 14.8. The Balaban J connectivity index is 1.27. The molecule has 0 bridgehead atoms. The van der Waals surface area contributed by atoms with Gasteiger partial charge in [0.1, 0.15) is 11.3 Å². The third kappa shape index (κ3) is 6.87. The molecule has 2 aromatic carbocycles. The van der Waals surface area contributed by atoms with Gasteiger partial charge in [-0.05, 0) is 50.2 Å². The highest BCUT2D eigenvalue weighted by molar-refractivity contribution is 7.88. The summed E-state index contributed by atoms with van der Waals surface area (Å²) in [5, 5.41) is 6.07. The summed E-state index contributed by atoms with van der Waals surface area (Å²) in [5.41, 5.74) is 7.03. The summed E-state index contributed by atoms with van der Waals surface area (Å²) >= 11 is 6.18. The molecule has 1 unspecified atom stereocenters. The Kier molecular flexibility index (Phi) is 8.89. The van der Waals surface area contributed by atoms with Gasteiger partial charge in [0.2, 0.25) is 27.8 Å². The zero-order valence-corrected chi connectivity index (χ0v) is 25.9. The van der Waals surface area contributed by atoms with Gasteiger partial charge in [0, 0.05) is 37.2 Å². The van der Waals surface area contributed by atoms with E-state index in [1.807, 2.05) is 22.8 Å². The standard InChI is InChI=1S/C30H33ClF2N8O3S/c31-23-13-20(32)14-24(33)26(23)38-30-37-25-15-35-29(39-28(25)41(30)22-10-8-19(9-11-22)27(34)42)36-21-7-4-12-40(16-21)45(43,44)17-18-5-2-1-3-6-18/h1-3,5-6,13-15,19,21-22H,4,7-12,16-17H2,(H2,34,42)(H,37,38)(H,35,36,39). The highest BCUT2D eigenvalue weighted by atomic mass is 35.5. The number of hydrogen-bond acceptors (Lipinski definition) is 8. The molecule has 1 aliphatic carbocycles. The first-order valence-electron chi connectivity index (χ1n) is 14.8. The van der Waals surface area contributed by atoms with Gasteiger partial charge < -0.3 is 16.4 Å². The van der Waals surface area contributed by atoms with Gasteiger partial charge in [-0.25, -0.2) is 27.2 Å². The van der Waals surface area contributed by atoms with Crippen molar-refractivity contribution in [1.29, 1.82) is 0 Å². The van der Waals surface area contributed by atoms with Crippen LogP contribution in [0.4, 0.5) is 26.4 Å². The van der Waals surface area contributed by atoms with Gasteiger partial charge in [-0.1, -0.05) is 41.9 Å². The molecule has 45 heavy (non-hydrogen) atoms. The number of primary amides is 1. The normalized spacial score (nSPS) is 21.1. The molecule has 2 aromatic heterocycles. The minimum absolute atomic E-state index is 0.0748. The number of anilines is 3. The van der Waals surface area contributed by atoms with Gasteiger partial charge in [-0.15, -0.1) is 0 Å². The zero-order chi connectivity index (χ0) is 31.7. The summed E-state index contributed by atoms with van der Waals surface area (Å²) < 4.78 is 58.2. The number of nitrogens with two attached hydrogens (primary N) is 1. The number of carbonyl (C=O) groups excluding carboxylic acids is 1. The number of hydrogen-bond donors (Lipinski definition) is 3. The van der Waals surface area contributed by atoms with Crippen molar-refractivity contribution in [2.45, 2.75) is 56.4 Å². The molecule has 11 nitrogen and oxygen atoms in total. The van der Waals surface area contributed by atoms with Gasteiger partial charge in [0.15, 0.2) is 11.5 Å². The summed E-state index contributed by atoms with van der Waals surface area (Å²) in [5.74, 6) is -1.82. The van der Waals surface area contributed by atoms with Gasteiger partial charge in [0.25, 0.3) is 0 Å². The predicted octanol–water partition coefficient (Wildman–Crippen LogP) is 5.12. The second kappa shape index (κ2) is 12.9. The number of carbonyl (C=O) groups is 1. The topological polar surface area (TPSA) is 148 Å². The van der Waals surface area contributed by atoms with Crippen molar-refractivity contribution in [2.75, 3.05) is 23.7 Å². The lowest BCUT2D eigenvalue weighted by atomic mass is 9.85. The number of rotatable bonds is 9. The summed E-state index contributed by atoms with van der Waals surface area (Å²) in [6, 6.07) is 10.4. The highest BCUT2D eigenvalue weighted by Crippen LogP contribution is 2.38. The summed E-state index contributed by atoms with van der Waals surface area (Å²) in [7, 11) is -3.53. The molecule has 0 spiro atoms. The number of piperidine rings is 1. The van der Waals surface area contributed by atoms with Crippen LogP contribution in [0.3, 0.4) is 0 Å². The molecule has 1 aliphatic heterocycles. The van der Waals surface area contributed by atoms with Crippen LogP contribution < -0.4 is 16.4 Å². The average Bonchev–Trinajstić information content (AvgIpc) is 3.36. The monoisotopic (exact) mass is 658 g/mol. The van der Waals surface area contributed by atoms with Crippen molar-refractivity contribution in [3.63, 3.8) is 0 Å². The maximum Gasteiger partial charge on any atom is 0.225 e. The van der Waals surface area contributed by atoms with E-state index in [1.165, 1.54) is 10.5 Å². The Labute approximate surface area is 264 Å². The Morgan fingerprint density at radius 3 is 2.53 bits per heavy atom. The molecule has 6 rings (SSSR count). The van der Waals surface area contributed by atoms with Crippen molar-refractivity contribution in [1.82, 2.24) is 23.8 Å². The molecule has 1 saturated heterocycles. The number of halogens is 3. The van der Waals surface area contributed by atoms with Crippen LogP contribution in [-0.4, -0.2) is 57.3 Å². The fraction of sp³-hybridized carbons (Fsp3) is 0.400. The van der Waals surface area contributed by atoms with Crippen molar-refractivity contribution >= 4 is 56.3 Å². The molecule has 1 amide bonds. The predicted molar refractivity (Wildman–Crippen MR) is 167 cm³/mol. The van der Waals surface area contributed by atoms with Crippen LogP contribution in [0, 0.1) is 17.6 Å². The van der Waals surface area contributed by atoms with Gasteiger partial charge in [-0.3, -0.25) is 9.36 Å². The zero-order valence-electron chi connectivity index (χ0n) is 24.3. The molecular formula is C30H33ClF2N8O3S. The number of aromatic nitrogens is 4. The van der Waals surface area contributed by atoms with E-state index in [1.54, 1.807) is 12.1 Å². The number of nitrogens with zero attached hydrogens (tertiary/aromatic N) is 5. The number of sulfonamides is 1. The molecule has 1 atom stereocenters. The fourth-order valence-corrected chi connectivity index (χ4v) is 8.01. The molecule has 1 saturated carbocycles. The van der Waals surface area contributed by atoms with Crippen molar-refractivity contribution < 1.29 is 22.0 Å². The van der Waals surface area contributed by atoms with E-state index in [0.717, 1.165) is 24.1 Å². The molecule has 0 radical (unpaired) electrons. The molecule has 2 aliphatic rings. The highest BCUT2D eigenvalue weighted by Gasteiger charge is 2.31. The van der Waals surface area contributed by atoms with E-state index in [-0.39, 0.29) is 52.9 Å². The lowest BCUT2D eigenvalue weighted by molar-refractivity contribution is -0.122. The van der Waals surface area contributed by atoms with Crippen LogP contribution in [0.15, 0.2) is 48.7 Å². The quantitative estimate of drug-likeness (QED) is 0.224. The van der Waals surface area contributed by atoms with Gasteiger partial charge in [0.05, 0.1) is 22.7 Å². The Bertz CT molecular complexity index is 1790. The maximum atomic E-state index is 14.8. The van der Waals surface area contributed by atoms with Crippen LogP contribution in [0.1, 0.15) is 50.1 Å². The SMILES string of the molecule is NC(=O)C1CCC(n2c(Nc3c(F)cc(F)cc3Cl)nc3cnc(NC4CCCN(S(=O)(=O)Cc5ccccc5)C4)nc32)CC1. The first-order chi connectivity index (χ1) is 21.6. The second-order valence-corrected chi connectivity index (χ2v) is 13.9. The van der Waals surface area contributed by atoms with E-state index in [4.69, 9.17) is 22.3 Å². The van der Waals surface area contributed by atoms with Crippen LogP contribution in [0.25, 0.3) is 11.2 Å². The molecule has 4 N–H and O–H groups in total. The van der Waals surface area contributed by atoms with Gasteiger partial charge in [-0.2, -0.15) is 9.29 Å². The van der Waals surface area contributed by atoms with Crippen molar-refractivity contribution in [3.8, 4) is 0 Å². The molecule has 15 heteroatoms.